The summed E-state index contributed by atoms with van der Waals surface area (Å²) in [5.74, 6) is 2.13. The van der Waals surface area contributed by atoms with E-state index in [-0.39, 0.29) is 24.7 Å². The molecule has 33 heavy (non-hydrogen) atoms. The molecule has 5 rings (SSSR count). The average Bonchev–Trinajstić information content (AvgIpc) is 3.30. The summed E-state index contributed by atoms with van der Waals surface area (Å²) in [4.78, 5) is 15.4. The number of rotatable bonds is 5. The number of ether oxygens (including phenoxy) is 3. The highest BCUT2D eigenvalue weighted by molar-refractivity contribution is 5.92. The van der Waals surface area contributed by atoms with Crippen LogP contribution in [0.25, 0.3) is 6.08 Å². The fourth-order valence-corrected chi connectivity index (χ4v) is 5.61. The van der Waals surface area contributed by atoms with E-state index in [0.29, 0.717) is 25.3 Å². The summed E-state index contributed by atoms with van der Waals surface area (Å²) in [5.41, 5.74) is 1.12. The molecular formula is C27H31NO5. The van der Waals surface area contributed by atoms with E-state index in [2.05, 4.69) is 0 Å². The zero-order chi connectivity index (χ0) is 22.8. The first-order valence-electron chi connectivity index (χ1n) is 11.9. The number of piperidine rings is 1. The Morgan fingerprint density at radius 3 is 2.91 bits per heavy atom. The first-order valence-corrected chi connectivity index (χ1v) is 11.9. The Hall–Kier alpha value is -2.99. The first-order chi connectivity index (χ1) is 16.1. The van der Waals surface area contributed by atoms with Crippen molar-refractivity contribution in [3.05, 3.63) is 59.7 Å². The van der Waals surface area contributed by atoms with Gasteiger partial charge in [-0.25, -0.2) is 0 Å². The second-order valence-corrected chi connectivity index (χ2v) is 9.10. The highest BCUT2D eigenvalue weighted by atomic mass is 16.7. The van der Waals surface area contributed by atoms with Gasteiger partial charge < -0.3 is 24.2 Å². The Morgan fingerprint density at radius 2 is 2.03 bits per heavy atom. The average molecular weight is 450 g/mol. The normalized spacial score (nSPS) is 26.3. The topological polar surface area (TPSA) is 68.2 Å². The summed E-state index contributed by atoms with van der Waals surface area (Å²) in [6.07, 6.45) is 7.84. The molecule has 6 heteroatoms. The lowest BCUT2D eigenvalue weighted by Gasteiger charge is -2.52. The number of likely N-dealkylation sites (tertiary alicyclic amines) is 1. The molecule has 1 amide bonds. The molecule has 1 N–H and O–H groups in total. The zero-order valence-electron chi connectivity index (χ0n) is 19.0. The lowest BCUT2D eigenvalue weighted by Crippen LogP contribution is -2.56. The maximum atomic E-state index is 13.5. The third kappa shape index (κ3) is 4.20. The number of hydrogen-bond acceptors (Lipinski definition) is 5. The van der Waals surface area contributed by atoms with Crippen molar-refractivity contribution >= 4 is 12.0 Å². The van der Waals surface area contributed by atoms with E-state index in [0.717, 1.165) is 48.3 Å². The molecule has 2 aromatic carbocycles. The standard InChI is InChI=1S/C27H31NO5/c1-2-31-22-9-4-3-7-20(22)26-21-8-5-6-14-27(21,30)15-16-28(26)25(29)13-11-19-10-12-23-24(17-19)33-18-32-23/h3-4,7,9-13,17,21,26,30H,2,5-6,8,14-16,18H2,1H3/t21-,26-,27-/m0/s1. The molecule has 3 atom stereocenters. The number of hydrogen-bond donors (Lipinski definition) is 1. The van der Waals surface area contributed by atoms with E-state index >= 15 is 0 Å². The zero-order valence-corrected chi connectivity index (χ0v) is 19.0. The van der Waals surface area contributed by atoms with Crippen molar-refractivity contribution in [3.8, 4) is 17.2 Å². The first kappa shape index (κ1) is 21.8. The van der Waals surface area contributed by atoms with Crippen molar-refractivity contribution in [1.29, 1.82) is 0 Å². The summed E-state index contributed by atoms with van der Waals surface area (Å²) < 4.78 is 16.8. The molecule has 3 aliphatic rings. The Labute approximate surface area is 194 Å². The number of nitrogens with zero attached hydrogens (tertiary/aromatic N) is 1. The van der Waals surface area contributed by atoms with Crippen LogP contribution < -0.4 is 14.2 Å². The van der Waals surface area contributed by atoms with Crippen molar-refractivity contribution in [2.75, 3.05) is 19.9 Å². The van der Waals surface area contributed by atoms with Gasteiger partial charge in [-0.2, -0.15) is 0 Å². The molecule has 174 valence electrons. The second kappa shape index (κ2) is 9.10. The van der Waals surface area contributed by atoms with Gasteiger partial charge in [0.2, 0.25) is 12.7 Å². The van der Waals surface area contributed by atoms with Crippen LogP contribution in [-0.4, -0.2) is 41.5 Å². The molecule has 2 fully saturated rings. The van der Waals surface area contributed by atoms with Gasteiger partial charge in [0.1, 0.15) is 5.75 Å². The van der Waals surface area contributed by atoms with Crippen molar-refractivity contribution < 1.29 is 24.1 Å². The van der Waals surface area contributed by atoms with Crippen molar-refractivity contribution in [3.63, 3.8) is 0 Å². The molecule has 0 radical (unpaired) electrons. The highest BCUT2D eigenvalue weighted by Crippen LogP contribution is 2.51. The van der Waals surface area contributed by atoms with E-state index in [4.69, 9.17) is 14.2 Å². The van der Waals surface area contributed by atoms with E-state index in [1.807, 2.05) is 60.4 Å². The van der Waals surface area contributed by atoms with Crippen LogP contribution in [0.2, 0.25) is 0 Å². The van der Waals surface area contributed by atoms with E-state index < -0.39 is 5.60 Å². The van der Waals surface area contributed by atoms with Crippen LogP contribution in [0.3, 0.4) is 0 Å². The number of aliphatic hydroxyl groups is 1. The van der Waals surface area contributed by atoms with Gasteiger partial charge in [0, 0.05) is 24.1 Å². The monoisotopic (exact) mass is 449 g/mol. The quantitative estimate of drug-likeness (QED) is 0.669. The SMILES string of the molecule is CCOc1ccccc1[C@H]1[C@@H]2CCCC[C@]2(O)CCN1C(=O)C=Cc1ccc2c(c1)OCO2. The maximum absolute atomic E-state index is 13.5. The van der Waals surface area contributed by atoms with Crippen molar-refractivity contribution in [1.82, 2.24) is 4.90 Å². The molecule has 6 nitrogen and oxygen atoms in total. The number of amides is 1. The number of carbonyl (C=O) groups is 1. The lowest BCUT2D eigenvalue weighted by molar-refractivity contribution is -0.151. The van der Waals surface area contributed by atoms with Crippen LogP contribution in [0.4, 0.5) is 0 Å². The van der Waals surface area contributed by atoms with Crippen molar-refractivity contribution in [2.24, 2.45) is 5.92 Å². The molecular weight excluding hydrogens is 418 g/mol. The third-order valence-electron chi connectivity index (χ3n) is 7.20. The van der Waals surface area contributed by atoms with Gasteiger partial charge in [0.25, 0.3) is 0 Å². The summed E-state index contributed by atoms with van der Waals surface area (Å²) >= 11 is 0. The molecule has 1 aliphatic carbocycles. The van der Waals surface area contributed by atoms with Gasteiger partial charge in [0.15, 0.2) is 11.5 Å². The molecule has 2 aliphatic heterocycles. The summed E-state index contributed by atoms with van der Waals surface area (Å²) in [6.45, 7) is 3.26. The minimum Gasteiger partial charge on any atom is -0.494 e. The molecule has 1 saturated heterocycles. The van der Waals surface area contributed by atoms with Gasteiger partial charge in [0.05, 0.1) is 18.2 Å². The van der Waals surface area contributed by atoms with Gasteiger partial charge in [-0.15, -0.1) is 0 Å². The van der Waals surface area contributed by atoms with Crippen LogP contribution in [-0.2, 0) is 4.79 Å². The molecule has 0 spiro atoms. The Kier molecular flexibility index (Phi) is 6.02. The molecule has 0 bridgehead atoms. The van der Waals surface area contributed by atoms with Crippen LogP contribution >= 0.6 is 0 Å². The molecule has 0 aromatic heterocycles. The predicted octanol–water partition coefficient (Wildman–Crippen LogP) is 4.72. The third-order valence-corrected chi connectivity index (χ3v) is 7.20. The van der Waals surface area contributed by atoms with Gasteiger partial charge in [-0.1, -0.05) is 37.1 Å². The molecule has 2 aromatic rings. The van der Waals surface area contributed by atoms with Gasteiger partial charge in [-0.3, -0.25) is 4.79 Å². The van der Waals surface area contributed by atoms with Crippen LogP contribution in [0.1, 0.15) is 56.2 Å². The summed E-state index contributed by atoms with van der Waals surface area (Å²) in [5, 5.41) is 11.5. The van der Waals surface area contributed by atoms with Gasteiger partial charge in [-0.05, 0) is 56.0 Å². The Bertz CT molecular complexity index is 1050. The number of fused-ring (bicyclic) bond motifs is 2. The molecule has 1 saturated carbocycles. The fraction of sp³-hybridized carbons (Fsp3) is 0.444. The predicted molar refractivity (Wildman–Crippen MR) is 125 cm³/mol. The lowest BCUT2D eigenvalue weighted by atomic mass is 9.66. The number of benzene rings is 2. The van der Waals surface area contributed by atoms with Crippen LogP contribution in [0.5, 0.6) is 17.2 Å². The fourth-order valence-electron chi connectivity index (χ4n) is 5.61. The number of para-hydroxylation sites is 1. The van der Waals surface area contributed by atoms with E-state index in [9.17, 15) is 9.90 Å². The number of carbonyl (C=O) groups excluding carboxylic acids is 1. The highest BCUT2D eigenvalue weighted by Gasteiger charge is 2.50. The minimum absolute atomic E-state index is 0.00972. The maximum Gasteiger partial charge on any atom is 0.247 e. The van der Waals surface area contributed by atoms with Crippen molar-refractivity contribution in [2.45, 2.75) is 50.7 Å². The largest absolute Gasteiger partial charge is 0.494 e. The Balaban J connectivity index is 1.46. The van der Waals surface area contributed by atoms with Crippen LogP contribution in [0, 0.1) is 5.92 Å². The van der Waals surface area contributed by atoms with E-state index in [1.54, 1.807) is 6.08 Å². The van der Waals surface area contributed by atoms with E-state index in [1.165, 1.54) is 0 Å². The smallest absolute Gasteiger partial charge is 0.247 e. The molecule has 2 heterocycles. The Morgan fingerprint density at radius 1 is 1.18 bits per heavy atom. The van der Waals surface area contributed by atoms with Gasteiger partial charge >= 0.3 is 0 Å². The second-order valence-electron chi connectivity index (χ2n) is 9.10. The molecule has 0 unspecified atom stereocenters. The summed E-state index contributed by atoms with van der Waals surface area (Å²) in [6, 6.07) is 13.4. The summed E-state index contributed by atoms with van der Waals surface area (Å²) in [7, 11) is 0. The van der Waals surface area contributed by atoms with Crippen LogP contribution in [0.15, 0.2) is 48.5 Å². The minimum atomic E-state index is -0.736.